The third-order valence-electron chi connectivity index (χ3n) is 4.19. The lowest BCUT2D eigenvalue weighted by Gasteiger charge is -2.15. The number of benzene rings is 1. The third-order valence-corrected chi connectivity index (χ3v) is 4.94. The Hall–Kier alpha value is -3.07. The van der Waals surface area contributed by atoms with E-state index in [1.165, 1.54) is 23.8 Å². The number of thiazole rings is 1. The van der Waals surface area contributed by atoms with Crippen molar-refractivity contribution in [2.24, 2.45) is 5.10 Å². The average molecular weight is 400 g/mol. The lowest BCUT2D eigenvalue weighted by Crippen LogP contribution is -2.35. The first kappa shape index (κ1) is 19.7. The number of rotatable bonds is 6. The van der Waals surface area contributed by atoms with Crippen LogP contribution in [-0.2, 0) is 25.5 Å². The summed E-state index contributed by atoms with van der Waals surface area (Å²) in [6.45, 7) is 3.56. The molecule has 1 aliphatic heterocycles. The Morgan fingerprint density at radius 1 is 1.29 bits per heavy atom. The lowest BCUT2D eigenvalue weighted by atomic mass is 10.1. The molecule has 8 nitrogen and oxygen atoms in total. The molecule has 0 unspecified atom stereocenters. The first-order chi connectivity index (χ1) is 13.5. The van der Waals surface area contributed by atoms with E-state index in [1.54, 1.807) is 0 Å². The van der Waals surface area contributed by atoms with Gasteiger partial charge in [0.1, 0.15) is 5.71 Å². The number of nitrogens with one attached hydrogen (secondary N) is 2. The van der Waals surface area contributed by atoms with Crippen LogP contribution in [0.25, 0.3) is 11.3 Å². The largest absolute Gasteiger partial charge is 0.448 e. The van der Waals surface area contributed by atoms with Gasteiger partial charge in [0.05, 0.1) is 5.69 Å². The number of hydrazone groups is 1. The van der Waals surface area contributed by atoms with E-state index in [2.05, 4.69) is 27.8 Å². The minimum absolute atomic E-state index is 0.0892. The maximum atomic E-state index is 12.3. The Labute approximate surface area is 166 Å². The number of amides is 2. The van der Waals surface area contributed by atoms with Gasteiger partial charge in [0, 0.05) is 23.8 Å². The summed E-state index contributed by atoms with van der Waals surface area (Å²) in [5.41, 5.74) is 5.28. The van der Waals surface area contributed by atoms with E-state index < -0.39 is 18.0 Å². The molecule has 0 saturated carbocycles. The highest BCUT2D eigenvalue weighted by Gasteiger charge is 2.24. The van der Waals surface area contributed by atoms with Crippen LogP contribution in [0.4, 0.5) is 5.13 Å². The van der Waals surface area contributed by atoms with Crippen LogP contribution in [0.2, 0.25) is 0 Å². The van der Waals surface area contributed by atoms with E-state index in [4.69, 9.17) is 4.74 Å². The summed E-state index contributed by atoms with van der Waals surface area (Å²) < 4.78 is 5.12. The molecule has 1 aromatic carbocycles. The van der Waals surface area contributed by atoms with Gasteiger partial charge in [0.2, 0.25) is 5.91 Å². The van der Waals surface area contributed by atoms with Gasteiger partial charge in [-0.2, -0.15) is 5.10 Å². The van der Waals surface area contributed by atoms with Crippen molar-refractivity contribution in [3.05, 3.63) is 35.2 Å². The zero-order valence-electron chi connectivity index (χ0n) is 15.5. The van der Waals surface area contributed by atoms with Gasteiger partial charge in [-0.25, -0.2) is 15.2 Å². The molecule has 0 aliphatic carbocycles. The van der Waals surface area contributed by atoms with Crippen LogP contribution >= 0.6 is 11.3 Å². The summed E-state index contributed by atoms with van der Waals surface area (Å²) in [6, 6.07) is 8.08. The van der Waals surface area contributed by atoms with Gasteiger partial charge in [0.15, 0.2) is 11.2 Å². The van der Waals surface area contributed by atoms with Crippen molar-refractivity contribution < 1.29 is 19.1 Å². The molecule has 1 aromatic heterocycles. The topological polar surface area (TPSA) is 110 Å². The van der Waals surface area contributed by atoms with Crippen molar-refractivity contribution in [1.29, 1.82) is 0 Å². The van der Waals surface area contributed by atoms with E-state index in [0.29, 0.717) is 5.13 Å². The molecule has 2 amide bonds. The zero-order valence-corrected chi connectivity index (χ0v) is 16.3. The van der Waals surface area contributed by atoms with Crippen molar-refractivity contribution in [2.45, 2.75) is 39.2 Å². The maximum Gasteiger partial charge on any atom is 0.355 e. The number of anilines is 1. The van der Waals surface area contributed by atoms with Gasteiger partial charge in [-0.3, -0.25) is 14.9 Å². The predicted octanol–water partition coefficient (Wildman–Crippen LogP) is 2.51. The zero-order chi connectivity index (χ0) is 20.1. The van der Waals surface area contributed by atoms with Crippen LogP contribution in [-0.4, -0.2) is 34.6 Å². The molecule has 146 valence electrons. The second-order valence-corrected chi connectivity index (χ2v) is 7.08. The van der Waals surface area contributed by atoms with E-state index in [-0.39, 0.29) is 24.5 Å². The summed E-state index contributed by atoms with van der Waals surface area (Å²) in [4.78, 5) is 39.8. The number of ether oxygens (including phenoxy) is 1. The molecule has 2 aromatic rings. The highest BCUT2D eigenvalue weighted by Crippen LogP contribution is 2.25. The molecule has 0 saturated heterocycles. The number of hydrogen-bond donors (Lipinski definition) is 2. The van der Waals surface area contributed by atoms with Crippen LogP contribution < -0.4 is 10.7 Å². The molecule has 28 heavy (non-hydrogen) atoms. The molecule has 0 spiro atoms. The van der Waals surface area contributed by atoms with E-state index >= 15 is 0 Å². The SMILES string of the molecule is CCc1ccc(-c2csc(NC(=O)[C@H](C)OC(=O)C3=NNC(=O)CC3)n2)cc1. The van der Waals surface area contributed by atoms with Crippen LogP contribution in [0.5, 0.6) is 0 Å². The van der Waals surface area contributed by atoms with Crippen molar-refractivity contribution in [1.82, 2.24) is 10.4 Å². The second kappa shape index (κ2) is 8.75. The highest BCUT2D eigenvalue weighted by atomic mass is 32.1. The minimum atomic E-state index is -1.02. The van der Waals surface area contributed by atoms with Crippen LogP contribution in [0.3, 0.4) is 0 Å². The number of nitrogens with zero attached hydrogens (tertiary/aromatic N) is 2. The first-order valence-electron chi connectivity index (χ1n) is 8.88. The predicted molar refractivity (Wildman–Crippen MR) is 106 cm³/mol. The molecule has 2 heterocycles. The van der Waals surface area contributed by atoms with Crippen molar-refractivity contribution in [2.75, 3.05) is 5.32 Å². The van der Waals surface area contributed by atoms with Crippen LogP contribution in [0, 0.1) is 0 Å². The monoisotopic (exact) mass is 400 g/mol. The molecule has 1 aliphatic rings. The highest BCUT2D eigenvalue weighted by molar-refractivity contribution is 7.14. The number of esters is 1. The number of aromatic nitrogens is 1. The fourth-order valence-electron chi connectivity index (χ4n) is 2.49. The van der Waals surface area contributed by atoms with E-state index in [1.807, 2.05) is 29.6 Å². The van der Waals surface area contributed by atoms with Crippen molar-refractivity contribution >= 4 is 40.0 Å². The molecule has 0 bridgehead atoms. The summed E-state index contributed by atoms with van der Waals surface area (Å²) in [5.74, 6) is -1.47. The van der Waals surface area contributed by atoms with Gasteiger partial charge in [-0.15, -0.1) is 11.3 Å². The van der Waals surface area contributed by atoms with Crippen molar-refractivity contribution in [3.8, 4) is 11.3 Å². The number of hydrogen-bond acceptors (Lipinski definition) is 7. The fourth-order valence-corrected chi connectivity index (χ4v) is 3.21. The van der Waals surface area contributed by atoms with Gasteiger partial charge >= 0.3 is 5.97 Å². The summed E-state index contributed by atoms with van der Waals surface area (Å²) in [6.07, 6.45) is 0.291. The normalized spacial score (nSPS) is 14.6. The van der Waals surface area contributed by atoms with Gasteiger partial charge in [-0.05, 0) is 18.9 Å². The lowest BCUT2D eigenvalue weighted by molar-refractivity contribution is -0.146. The Balaban J connectivity index is 1.57. The Morgan fingerprint density at radius 3 is 2.68 bits per heavy atom. The van der Waals surface area contributed by atoms with Gasteiger partial charge in [-0.1, -0.05) is 31.2 Å². The maximum absolute atomic E-state index is 12.3. The van der Waals surface area contributed by atoms with Crippen LogP contribution in [0.1, 0.15) is 32.3 Å². The summed E-state index contributed by atoms with van der Waals surface area (Å²) in [7, 11) is 0. The molecule has 0 radical (unpaired) electrons. The molecule has 1 atom stereocenters. The Kier molecular flexibility index (Phi) is 6.15. The van der Waals surface area contributed by atoms with E-state index in [0.717, 1.165) is 17.7 Å². The van der Waals surface area contributed by atoms with Gasteiger partial charge in [0.25, 0.3) is 5.91 Å². The second-order valence-electron chi connectivity index (χ2n) is 6.22. The smallest absolute Gasteiger partial charge is 0.355 e. The average Bonchev–Trinajstić information content (AvgIpc) is 3.17. The molecule has 0 fully saturated rings. The van der Waals surface area contributed by atoms with Crippen LogP contribution in [0.15, 0.2) is 34.7 Å². The number of aryl methyl sites for hydroxylation is 1. The molecular weight excluding hydrogens is 380 g/mol. The number of carbonyl (C=O) groups is 3. The quantitative estimate of drug-likeness (QED) is 0.724. The standard InChI is InChI=1S/C19H20N4O4S/c1-3-12-4-6-13(7-5-12)15-10-28-19(20-15)21-17(25)11(2)27-18(26)14-8-9-16(24)23-22-14/h4-7,10-11H,3,8-9H2,1-2H3,(H,23,24)(H,20,21,25)/t11-/m0/s1. The first-order valence-corrected chi connectivity index (χ1v) is 9.76. The third kappa shape index (κ3) is 4.80. The molecule has 3 rings (SSSR count). The summed E-state index contributed by atoms with van der Waals surface area (Å²) in [5, 5.41) is 8.58. The minimum Gasteiger partial charge on any atom is -0.448 e. The van der Waals surface area contributed by atoms with Gasteiger partial charge < -0.3 is 4.74 Å². The fraction of sp³-hybridized carbons (Fsp3) is 0.316. The number of carbonyl (C=O) groups excluding carboxylic acids is 3. The Bertz CT molecular complexity index is 920. The molecular formula is C19H20N4O4S. The van der Waals surface area contributed by atoms with E-state index in [9.17, 15) is 14.4 Å². The molecule has 2 N–H and O–H groups in total. The van der Waals surface area contributed by atoms with Crippen molar-refractivity contribution in [3.63, 3.8) is 0 Å². The molecule has 9 heteroatoms. The Morgan fingerprint density at radius 2 is 2.04 bits per heavy atom. The summed E-state index contributed by atoms with van der Waals surface area (Å²) >= 11 is 1.29.